The third-order valence-electron chi connectivity index (χ3n) is 2.96. The van der Waals surface area contributed by atoms with Gasteiger partial charge in [-0.2, -0.15) is 0 Å². The maximum atomic E-state index is 3.95. The number of nitrogens with one attached hydrogen (secondary N) is 1. The highest BCUT2D eigenvalue weighted by atomic mass is 28.3. The summed E-state index contributed by atoms with van der Waals surface area (Å²) in [5.41, 5.74) is 2.20. The van der Waals surface area contributed by atoms with Crippen molar-refractivity contribution in [1.29, 1.82) is 0 Å². The minimum absolute atomic E-state index is 0.730. The normalized spacial score (nSPS) is 25.9. The van der Waals surface area contributed by atoms with Gasteiger partial charge in [-0.15, -0.1) is 12.3 Å². The lowest BCUT2D eigenvalue weighted by Crippen LogP contribution is -2.51. The third-order valence-corrected chi connectivity index (χ3v) is 5.59. The summed E-state index contributed by atoms with van der Waals surface area (Å²) in [5, 5.41) is 3.46. The SMILES string of the molecule is C=C[Si](C)(C)CC1CNCCN1C. The van der Waals surface area contributed by atoms with Crippen molar-refractivity contribution in [2.45, 2.75) is 25.2 Å². The summed E-state index contributed by atoms with van der Waals surface area (Å²) in [4.78, 5) is 2.48. The molecule has 1 heterocycles. The molecule has 1 unspecified atom stereocenters. The smallest absolute Gasteiger partial charge is 0.0725 e. The Kier molecular flexibility index (Phi) is 3.70. The van der Waals surface area contributed by atoms with Gasteiger partial charge in [0, 0.05) is 25.7 Å². The molecule has 0 aromatic rings. The van der Waals surface area contributed by atoms with Crippen LogP contribution >= 0.6 is 0 Å². The average molecular weight is 198 g/mol. The number of hydrogen-bond acceptors (Lipinski definition) is 2. The summed E-state index contributed by atoms with van der Waals surface area (Å²) in [6.45, 7) is 12.2. The molecule has 1 N–H and O–H groups in total. The van der Waals surface area contributed by atoms with Crippen LogP contribution in [0.25, 0.3) is 0 Å². The zero-order valence-electron chi connectivity index (χ0n) is 9.14. The van der Waals surface area contributed by atoms with Crippen molar-refractivity contribution in [3.8, 4) is 0 Å². The van der Waals surface area contributed by atoms with Crippen LogP contribution in [0.1, 0.15) is 0 Å². The van der Waals surface area contributed by atoms with E-state index < -0.39 is 8.07 Å². The lowest BCUT2D eigenvalue weighted by atomic mass is 10.2. The first-order chi connectivity index (χ1) is 6.05. The summed E-state index contributed by atoms with van der Waals surface area (Å²) >= 11 is 0. The van der Waals surface area contributed by atoms with E-state index in [1.807, 2.05) is 0 Å². The van der Waals surface area contributed by atoms with Gasteiger partial charge in [0.05, 0.1) is 8.07 Å². The Morgan fingerprint density at radius 2 is 2.31 bits per heavy atom. The first kappa shape index (κ1) is 11.0. The predicted octanol–water partition coefficient (Wildman–Crippen LogP) is 1.32. The number of hydrogen-bond donors (Lipinski definition) is 1. The Labute approximate surface area is 83.0 Å². The first-order valence-corrected chi connectivity index (χ1v) is 8.38. The number of likely N-dealkylation sites (N-methyl/N-ethyl adjacent to an activating group) is 1. The zero-order chi connectivity index (χ0) is 9.90. The van der Waals surface area contributed by atoms with E-state index in [0.29, 0.717) is 0 Å². The van der Waals surface area contributed by atoms with Crippen LogP contribution in [0.15, 0.2) is 12.3 Å². The molecule has 1 aliphatic heterocycles. The lowest BCUT2D eigenvalue weighted by Gasteiger charge is -2.36. The van der Waals surface area contributed by atoms with Crippen LogP contribution in [-0.2, 0) is 0 Å². The van der Waals surface area contributed by atoms with Gasteiger partial charge in [0.15, 0.2) is 0 Å². The van der Waals surface area contributed by atoms with Crippen LogP contribution in [0.2, 0.25) is 19.1 Å². The number of rotatable bonds is 3. The largest absolute Gasteiger partial charge is 0.314 e. The Bertz CT molecular complexity index is 180. The van der Waals surface area contributed by atoms with E-state index in [9.17, 15) is 0 Å². The monoisotopic (exact) mass is 198 g/mol. The van der Waals surface area contributed by atoms with E-state index in [-0.39, 0.29) is 0 Å². The second kappa shape index (κ2) is 4.40. The van der Waals surface area contributed by atoms with Crippen molar-refractivity contribution in [2.24, 2.45) is 0 Å². The second-order valence-electron chi connectivity index (χ2n) is 4.74. The van der Waals surface area contributed by atoms with Gasteiger partial charge >= 0.3 is 0 Å². The summed E-state index contributed by atoms with van der Waals surface area (Å²) < 4.78 is 0. The standard InChI is InChI=1S/C10H22N2Si/c1-5-13(3,4)9-10-8-11-6-7-12(10)2/h5,10-11H,1,6-9H2,2-4H3. The highest BCUT2D eigenvalue weighted by Crippen LogP contribution is 2.17. The van der Waals surface area contributed by atoms with Crippen LogP contribution in [0.5, 0.6) is 0 Å². The first-order valence-electron chi connectivity index (χ1n) is 5.10. The molecule has 0 spiro atoms. The number of nitrogens with zero attached hydrogens (tertiary/aromatic N) is 1. The molecule has 0 aliphatic carbocycles. The molecule has 0 saturated carbocycles. The van der Waals surface area contributed by atoms with Crippen molar-refractivity contribution >= 4 is 8.07 Å². The van der Waals surface area contributed by atoms with Gasteiger partial charge in [-0.25, -0.2) is 0 Å². The van der Waals surface area contributed by atoms with E-state index in [4.69, 9.17) is 0 Å². The molecule has 1 saturated heterocycles. The van der Waals surface area contributed by atoms with E-state index >= 15 is 0 Å². The van der Waals surface area contributed by atoms with E-state index in [2.05, 4.69) is 42.6 Å². The Balaban J connectivity index is 2.46. The van der Waals surface area contributed by atoms with Crippen molar-refractivity contribution in [3.05, 3.63) is 12.3 Å². The van der Waals surface area contributed by atoms with Crippen molar-refractivity contribution in [3.63, 3.8) is 0 Å². The Morgan fingerprint density at radius 3 is 2.85 bits per heavy atom. The highest BCUT2D eigenvalue weighted by molar-refractivity contribution is 6.82. The van der Waals surface area contributed by atoms with Crippen LogP contribution in [-0.4, -0.2) is 45.7 Å². The van der Waals surface area contributed by atoms with Crippen LogP contribution in [0, 0.1) is 0 Å². The maximum absolute atomic E-state index is 3.95. The van der Waals surface area contributed by atoms with Gasteiger partial charge < -0.3 is 10.2 Å². The van der Waals surface area contributed by atoms with Crippen molar-refractivity contribution < 1.29 is 0 Å². The quantitative estimate of drug-likeness (QED) is 0.688. The summed E-state index contributed by atoms with van der Waals surface area (Å²) in [6, 6.07) is 2.06. The van der Waals surface area contributed by atoms with Gasteiger partial charge in [0.25, 0.3) is 0 Å². The fourth-order valence-corrected chi connectivity index (χ4v) is 3.62. The molecule has 1 atom stereocenters. The van der Waals surface area contributed by atoms with Gasteiger partial charge in [0.1, 0.15) is 0 Å². The minimum atomic E-state index is -1.12. The molecule has 0 aromatic carbocycles. The number of piperazine rings is 1. The fourth-order valence-electron chi connectivity index (χ4n) is 1.78. The Hall–Kier alpha value is -0.123. The molecule has 1 fully saturated rings. The second-order valence-corrected chi connectivity index (χ2v) is 9.53. The molecule has 0 bridgehead atoms. The molecule has 2 nitrogen and oxygen atoms in total. The van der Waals surface area contributed by atoms with Gasteiger partial charge in [0.2, 0.25) is 0 Å². The van der Waals surface area contributed by atoms with E-state index in [0.717, 1.165) is 19.1 Å². The van der Waals surface area contributed by atoms with Crippen LogP contribution in [0.3, 0.4) is 0 Å². The van der Waals surface area contributed by atoms with E-state index in [1.165, 1.54) is 12.6 Å². The summed E-state index contributed by atoms with van der Waals surface area (Å²) in [7, 11) is 1.11. The summed E-state index contributed by atoms with van der Waals surface area (Å²) in [6.07, 6.45) is 0. The van der Waals surface area contributed by atoms with E-state index in [1.54, 1.807) is 0 Å². The molecule has 3 heteroatoms. The molecule has 0 radical (unpaired) electrons. The molecule has 13 heavy (non-hydrogen) atoms. The molecular weight excluding hydrogens is 176 g/mol. The maximum Gasteiger partial charge on any atom is 0.0725 e. The molecular formula is C10H22N2Si. The van der Waals surface area contributed by atoms with Crippen LogP contribution < -0.4 is 5.32 Å². The van der Waals surface area contributed by atoms with Crippen molar-refractivity contribution in [1.82, 2.24) is 10.2 Å². The average Bonchev–Trinajstić information content (AvgIpc) is 2.09. The summed E-state index contributed by atoms with van der Waals surface area (Å²) in [5.74, 6) is 0. The minimum Gasteiger partial charge on any atom is -0.314 e. The molecule has 76 valence electrons. The topological polar surface area (TPSA) is 15.3 Å². The van der Waals surface area contributed by atoms with Gasteiger partial charge in [-0.3, -0.25) is 0 Å². The van der Waals surface area contributed by atoms with Gasteiger partial charge in [-0.05, 0) is 13.1 Å². The molecule has 1 aliphatic rings. The molecule has 0 aromatic heterocycles. The fraction of sp³-hybridized carbons (Fsp3) is 0.800. The van der Waals surface area contributed by atoms with Crippen LogP contribution in [0.4, 0.5) is 0 Å². The molecule has 1 rings (SSSR count). The zero-order valence-corrected chi connectivity index (χ0v) is 10.1. The third kappa shape index (κ3) is 3.25. The van der Waals surface area contributed by atoms with Gasteiger partial charge in [-0.1, -0.05) is 13.1 Å². The Morgan fingerprint density at radius 1 is 1.62 bits per heavy atom. The predicted molar refractivity (Wildman–Crippen MR) is 61.8 cm³/mol. The molecule has 0 amide bonds. The highest BCUT2D eigenvalue weighted by Gasteiger charge is 2.26. The lowest BCUT2D eigenvalue weighted by molar-refractivity contribution is 0.213. The van der Waals surface area contributed by atoms with Crippen molar-refractivity contribution in [2.75, 3.05) is 26.7 Å².